The van der Waals surface area contributed by atoms with Crippen LogP contribution in [0, 0.1) is 5.92 Å². The van der Waals surface area contributed by atoms with E-state index in [0.29, 0.717) is 44.0 Å². The highest BCUT2D eigenvalue weighted by Crippen LogP contribution is 2.20. The van der Waals surface area contributed by atoms with E-state index in [-0.39, 0.29) is 11.9 Å². The summed E-state index contributed by atoms with van der Waals surface area (Å²) in [5, 5.41) is 2.57. The molecule has 1 N–H and O–H groups in total. The fraction of sp³-hybridized carbons (Fsp3) is 0.471. The first-order chi connectivity index (χ1) is 11.5. The minimum Gasteiger partial charge on any atom is -0.497 e. The number of methoxy groups -OCH3 is 1. The lowest BCUT2D eigenvalue weighted by atomic mass is 9.97. The number of carbonyl (C=O) groups excluding carboxylic acids is 3. The summed E-state index contributed by atoms with van der Waals surface area (Å²) in [6, 6.07) is 6.79. The molecule has 1 heterocycles. The van der Waals surface area contributed by atoms with E-state index in [1.807, 2.05) is 0 Å². The van der Waals surface area contributed by atoms with Crippen LogP contribution in [0.25, 0.3) is 0 Å². The molecule has 1 aromatic carbocycles. The summed E-state index contributed by atoms with van der Waals surface area (Å²) in [7, 11) is 1.53. The van der Waals surface area contributed by atoms with Gasteiger partial charge < -0.3 is 19.7 Å². The van der Waals surface area contributed by atoms with Gasteiger partial charge in [-0.1, -0.05) is 6.07 Å². The van der Waals surface area contributed by atoms with E-state index in [2.05, 4.69) is 5.32 Å². The van der Waals surface area contributed by atoms with E-state index in [1.54, 1.807) is 31.2 Å². The van der Waals surface area contributed by atoms with Crippen LogP contribution in [-0.2, 0) is 19.1 Å². The lowest BCUT2D eigenvalue weighted by Gasteiger charge is -2.30. The van der Waals surface area contributed by atoms with Gasteiger partial charge in [0.2, 0.25) is 0 Å². The molecule has 7 heteroatoms. The fourth-order valence-corrected chi connectivity index (χ4v) is 2.61. The van der Waals surface area contributed by atoms with Gasteiger partial charge in [-0.3, -0.25) is 14.4 Å². The molecule has 1 aliphatic rings. The molecule has 1 saturated heterocycles. The zero-order chi connectivity index (χ0) is 17.5. The van der Waals surface area contributed by atoms with Gasteiger partial charge in [-0.25, -0.2) is 0 Å². The first-order valence-electron chi connectivity index (χ1n) is 7.96. The largest absolute Gasteiger partial charge is 0.497 e. The first-order valence-corrected chi connectivity index (χ1v) is 7.96. The van der Waals surface area contributed by atoms with Crippen molar-refractivity contribution in [3.8, 4) is 5.75 Å². The van der Waals surface area contributed by atoms with Crippen LogP contribution < -0.4 is 10.1 Å². The number of anilines is 1. The van der Waals surface area contributed by atoms with Crippen molar-refractivity contribution in [2.24, 2.45) is 5.92 Å². The third-order valence-corrected chi connectivity index (χ3v) is 3.92. The molecule has 130 valence electrons. The lowest BCUT2D eigenvalue weighted by Crippen LogP contribution is -2.45. The van der Waals surface area contributed by atoms with E-state index >= 15 is 0 Å². The summed E-state index contributed by atoms with van der Waals surface area (Å²) in [6.07, 6.45) is 1.02. The smallest absolute Gasteiger partial charge is 0.313 e. The maximum Gasteiger partial charge on any atom is 0.313 e. The Bertz CT molecular complexity index is 609. The SMILES string of the molecule is CCOC(=O)C1CCN(C(=O)C(=O)Nc2cccc(OC)c2)CC1. The first kappa shape index (κ1) is 17.8. The van der Waals surface area contributed by atoms with Crippen molar-refractivity contribution in [2.45, 2.75) is 19.8 Å². The number of esters is 1. The van der Waals surface area contributed by atoms with Crippen LogP contribution in [0.3, 0.4) is 0 Å². The van der Waals surface area contributed by atoms with E-state index in [0.717, 1.165) is 0 Å². The molecule has 0 atom stereocenters. The van der Waals surface area contributed by atoms with Crippen LogP contribution >= 0.6 is 0 Å². The molecule has 1 aliphatic heterocycles. The third kappa shape index (κ3) is 4.47. The van der Waals surface area contributed by atoms with Gasteiger partial charge in [-0.2, -0.15) is 0 Å². The highest BCUT2D eigenvalue weighted by atomic mass is 16.5. The Morgan fingerprint density at radius 2 is 1.96 bits per heavy atom. The van der Waals surface area contributed by atoms with Crippen molar-refractivity contribution in [1.29, 1.82) is 0 Å². The van der Waals surface area contributed by atoms with E-state index < -0.39 is 11.8 Å². The number of hydrogen-bond acceptors (Lipinski definition) is 5. The van der Waals surface area contributed by atoms with Gasteiger partial charge in [0, 0.05) is 24.8 Å². The molecule has 7 nitrogen and oxygen atoms in total. The minimum absolute atomic E-state index is 0.199. The van der Waals surface area contributed by atoms with Gasteiger partial charge >= 0.3 is 17.8 Å². The van der Waals surface area contributed by atoms with Crippen LogP contribution in [0.5, 0.6) is 5.75 Å². The number of likely N-dealkylation sites (tertiary alicyclic amines) is 1. The predicted molar refractivity (Wildman–Crippen MR) is 87.6 cm³/mol. The Labute approximate surface area is 140 Å². The average Bonchev–Trinajstić information content (AvgIpc) is 2.61. The maximum atomic E-state index is 12.2. The van der Waals surface area contributed by atoms with Crippen molar-refractivity contribution in [3.05, 3.63) is 24.3 Å². The monoisotopic (exact) mass is 334 g/mol. The van der Waals surface area contributed by atoms with E-state index in [9.17, 15) is 14.4 Å². The fourth-order valence-electron chi connectivity index (χ4n) is 2.61. The van der Waals surface area contributed by atoms with Crippen LogP contribution in [0.1, 0.15) is 19.8 Å². The molecule has 2 amide bonds. The van der Waals surface area contributed by atoms with Crippen molar-refractivity contribution in [2.75, 3.05) is 32.1 Å². The van der Waals surface area contributed by atoms with Gasteiger partial charge in [0.25, 0.3) is 0 Å². The number of piperidine rings is 1. The third-order valence-electron chi connectivity index (χ3n) is 3.92. The second kappa shape index (κ2) is 8.33. The van der Waals surface area contributed by atoms with Crippen LogP contribution in [-0.4, -0.2) is 49.5 Å². The molecule has 0 radical (unpaired) electrons. The predicted octanol–water partition coefficient (Wildman–Crippen LogP) is 1.44. The molecule has 0 saturated carbocycles. The molecule has 0 spiro atoms. The Morgan fingerprint density at radius 3 is 2.58 bits per heavy atom. The second-order valence-electron chi connectivity index (χ2n) is 5.50. The maximum absolute atomic E-state index is 12.2. The number of nitrogens with zero attached hydrogens (tertiary/aromatic N) is 1. The number of benzene rings is 1. The van der Waals surface area contributed by atoms with Crippen LogP contribution in [0.15, 0.2) is 24.3 Å². The number of ether oxygens (including phenoxy) is 2. The van der Waals surface area contributed by atoms with Crippen molar-refractivity contribution in [1.82, 2.24) is 4.90 Å². The molecular weight excluding hydrogens is 312 g/mol. The zero-order valence-corrected chi connectivity index (χ0v) is 13.9. The average molecular weight is 334 g/mol. The van der Waals surface area contributed by atoms with Gasteiger partial charge in [0.15, 0.2) is 0 Å². The molecule has 0 unspecified atom stereocenters. The van der Waals surface area contributed by atoms with Crippen LogP contribution in [0.4, 0.5) is 5.69 Å². The Balaban J connectivity index is 1.88. The molecule has 24 heavy (non-hydrogen) atoms. The molecule has 2 rings (SSSR count). The molecule has 0 bridgehead atoms. The van der Waals surface area contributed by atoms with Crippen molar-refractivity contribution >= 4 is 23.5 Å². The number of amides is 2. The summed E-state index contributed by atoms with van der Waals surface area (Å²) in [4.78, 5) is 37.5. The highest BCUT2D eigenvalue weighted by Gasteiger charge is 2.30. The minimum atomic E-state index is -0.696. The number of nitrogens with one attached hydrogen (secondary N) is 1. The normalized spacial score (nSPS) is 14.8. The molecule has 0 aromatic heterocycles. The quantitative estimate of drug-likeness (QED) is 0.665. The summed E-state index contributed by atoms with van der Waals surface area (Å²) < 4.78 is 10.1. The number of carbonyl (C=O) groups is 3. The Morgan fingerprint density at radius 1 is 1.25 bits per heavy atom. The molecule has 1 aromatic rings. The van der Waals surface area contributed by atoms with Gasteiger partial charge in [-0.15, -0.1) is 0 Å². The van der Waals surface area contributed by atoms with Crippen molar-refractivity contribution < 1.29 is 23.9 Å². The second-order valence-corrected chi connectivity index (χ2v) is 5.50. The van der Waals surface area contributed by atoms with E-state index in [1.165, 1.54) is 12.0 Å². The molecule has 1 fully saturated rings. The summed E-state index contributed by atoms with van der Waals surface area (Å²) >= 11 is 0. The molecule has 0 aliphatic carbocycles. The summed E-state index contributed by atoms with van der Waals surface area (Å²) in [6.45, 7) is 2.85. The Hall–Kier alpha value is -2.57. The summed E-state index contributed by atoms with van der Waals surface area (Å²) in [5.74, 6) is -1.13. The zero-order valence-electron chi connectivity index (χ0n) is 13.9. The summed E-state index contributed by atoms with van der Waals surface area (Å²) in [5.41, 5.74) is 0.495. The highest BCUT2D eigenvalue weighted by molar-refractivity contribution is 6.39. The standard InChI is InChI=1S/C17H22N2O5/c1-3-24-17(22)12-7-9-19(10-8-12)16(21)15(20)18-13-5-4-6-14(11-13)23-2/h4-6,11-12H,3,7-10H2,1-2H3,(H,18,20). The number of hydrogen-bond donors (Lipinski definition) is 1. The topological polar surface area (TPSA) is 84.9 Å². The Kier molecular flexibility index (Phi) is 6.17. The number of rotatable bonds is 4. The van der Waals surface area contributed by atoms with Crippen molar-refractivity contribution in [3.63, 3.8) is 0 Å². The van der Waals surface area contributed by atoms with Gasteiger partial charge in [-0.05, 0) is 31.9 Å². The van der Waals surface area contributed by atoms with Crippen LogP contribution in [0.2, 0.25) is 0 Å². The molecular formula is C17H22N2O5. The lowest BCUT2D eigenvalue weighted by molar-refractivity contribution is -0.152. The van der Waals surface area contributed by atoms with Gasteiger partial charge in [0.05, 0.1) is 19.6 Å². The van der Waals surface area contributed by atoms with Gasteiger partial charge in [0.1, 0.15) is 5.75 Å². The van der Waals surface area contributed by atoms with E-state index in [4.69, 9.17) is 9.47 Å².